The Balaban J connectivity index is 2.05. The molecule has 2 rings (SSSR count). The summed E-state index contributed by atoms with van der Waals surface area (Å²) in [5.74, 6) is 0. The minimum absolute atomic E-state index is 0.212. The lowest BCUT2D eigenvalue weighted by molar-refractivity contribution is 0.573. The van der Waals surface area contributed by atoms with E-state index in [1.165, 1.54) is 5.56 Å². The van der Waals surface area contributed by atoms with Crippen LogP contribution in [0, 0.1) is 11.3 Å². The number of nitrogens with zero attached hydrogens (tertiary/aromatic N) is 2. The van der Waals surface area contributed by atoms with Gasteiger partial charge in [0.2, 0.25) is 0 Å². The number of nitriles is 1. The van der Waals surface area contributed by atoms with E-state index in [-0.39, 0.29) is 6.04 Å². The third-order valence-corrected chi connectivity index (χ3v) is 3.44. The Labute approximate surface area is 121 Å². The summed E-state index contributed by atoms with van der Waals surface area (Å²) in [7, 11) is 0. The van der Waals surface area contributed by atoms with Crippen LogP contribution in [0.2, 0.25) is 0 Å². The van der Waals surface area contributed by atoms with Crippen LogP contribution in [0.4, 0.5) is 0 Å². The fourth-order valence-corrected chi connectivity index (χ4v) is 2.26. The van der Waals surface area contributed by atoms with Gasteiger partial charge in [-0.3, -0.25) is 0 Å². The molecule has 0 amide bonds. The minimum atomic E-state index is 0.212. The van der Waals surface area contributed by atoms with Gasteiger partial charge in [-0.1, -0.05) is 34.1 Å². The Morgan fingerprint density at radius 1 is 1.37 bits per heavy atom. The van der Waals surface area contributed by atoms with E-state index in [9.17, 15) is 0 Å². The van der Waals surface area contributed by atoms with Crippen LogP contribution in [-0.4, -0.2) is 4.98 Å². The van der Waals surface area contributed by atoms with Gasteiger partial charge in [0, 0.05) is 28.8 Å². The first kappa shape index (κ1) is 13.7. The Morgan fingerprint density at radius 3 is 2.95 bits per heavy atom. The third-order valence-electron chi connectivity index (χ3n) is 2.94. The molecule has 3 nitrogen and oxygen atoms in total. The molecule has 0 fully saturated rings. The number of hydrogen-bond donors (Lipinski definition) is 1. The molecule has 4 heteroatoms. The SMILES string of the molecule is C[C@@H](NCc1cccnc1C#N)c1cccc(Br)c1. The topological polar surface area (TPSA) is 48.7 Å². The summed E-state index contributed by atoms with van der Waals surface area (Å²) in [5.41, 5.74) is 2.61. The van der Waals surface area contributed by atoms with Crippen LogP contribution < -0.4 is 5.32 Å². The summed E-state index contributed by atoms with van der Waals surface area (Å²) in [6.45, 7) is 2.73. The van der Waals surface area contributed by atoms with Gasteiger partial charge in [-0.2, -0.15) is 5.26 Å². The van der Waals surface area contributed by atoms with E-state index in [4.69, 9.17) is 5.26 Å². The maximum absolute atomic E-state index is 8.99. The maximum Gasteiger partial charge on any atom is 0.144 e. The largest absolute Gasteiger partial charge is 0.306 e. The van der Waals surface area contributed by atoms with E-state index in [0.717, 1.165) is 10.0 Å². The van der Waals surface area contributed by atoms with Crippen molar-refractivity contribution in [2.75, 3.05) is 0 Å². The molecule has 0 radical (unpaired) electrons. The fraction of sp³-hybridized carbons (Fsp3) is 0.200. The second-order valence-corrected chi connectivity index (χ2v) is 5.20. The maximum atomic E-state index is 8.99. The van der Waals surface area contributed by atoms with Crippen molar-refractivity contribution < 1.29 is 0 Å². The van der Waals surface area contributed by atoms with Crippen molar-refractivity contribution in [3.8, 4) is 6.07 Å². The Bertz CT molecular complexity index is 604. The molecule has 2 aromatic rings. The van der Waals surface area contributed by atoms with Crippen LogP contribution in [0.3, 0.4) is 0 Å². The second kappa shape index (κ2) is 6.46. The average Bonchev–Trinajstić information content (AvgIpc) is 2.45. The Morgan fingerprint density at radius 2 is 2.21 bits per heavy atom. The first-order valence-electron chi connectivity index (χ1n) is 6.03. The zero-order valence-electron chi connectivity index (χ0n) is 10.6. The minimum Gasteiger partial charge on any atom is -0.306 e. The van der Waals surface area contributed by atoms with Gasteiger partial charge in [-0.05, 0) is 30.7 Å². The molecule has 1 aromatic heterocycles. The van der Waals surface area contributed by atoms with Crippen molar-refractivity contribution in [3.63, 3.8) is 0 Å². The lowest BCUT2D eigenvalue weighted by atomic mass is 10.1. The van der Waals surface area contributed by atoms with Gasteiger partial charge in [0.15, 0.2) is 0 Å². The van der Waals surface area contributed by atoms with Gasteiger partial charge < -0.3 is 5.32 Å². The summed E-state index contributed by atoms with van der Waals surface area (Å²) in [6.07, 6.45) is 1.64. The number of aromatic nitrogens is 1. The highest BCUT2D eigenvalue weighted by Gasteiger charge is 2.07. The van der Waals surface area contributed by atoms with E-state index in [0.29, 0.717) is 12.2 Å². The van der Waals surface area contributed by atoms with E-state index in [1.807, 2.05) is 24.3 Å². The molecule has 0 bridgehead atoms. The molecule has 96 valence electrons. The van der Waals surface area contributed by atoms with E-state index >= 15 is 0 Å². The standard InChI is InChI=1S/C15H14BrN3/c1-11(12-4-2-6-14(16)8-12)19-10-13-5-3-7-18-15(13)9-17/h2-8,11,19H,10H2,1H3/t11-/m1/s1. The zero-order chi connectivity index (χ0) is 13.7. The van der Waals surface area contributed by atoms with Crippen molar-refractivity contribution in [1.29, 1.82) is 5.26 Å². The molecule has 0 aliphatic rings. The first-order valence-corrected chi connectivity index (χ1v) is 6.83. The molecule has 0 saturated carbocycles. The predicted molar refractivity (Wildman–Crippen MR) is 78.3 cm³/mol. The van der Waals surface area contributed by atoms with Gasteiger partial charge in [0.25, 0.3) is 0 Å². The highest BCUT2D eigenvalue weighted by Crippen LogP contribution is 2.18. The zero-order valence-corrected chi connectivity index (χ0v) is 12.2. The number of halogens is 1. The van der Waals surface area contributed by atoms with Crippen LogP contribution in [0.25, 0.3) is 0 Å². The average molecular weight is 316 g/mol. The molecule has 0 unspecified atom stereocenters. The van der Waals surface area contributed by atoms with Crippen molar-refractivity contribution in [2.45, 2.75) is 19.5 Å². The molecule has 1 heterocycles. The van der Waals surface area contributed by atoms with E-state index in [1.54, 1.807) is 6.20 Å². The molecule has 0 aliphatic carbocycles. The molecule has 0 aliphatic heterocycles. The second-order valence-electron chi connectivity index (χ2n) is 4.28. The van der Waals surface area contributed by atoms with Crippen LogP contribution in [0.1, 0.15) is 29.8 Å². The Hall–Kier alpha value is -1.70. The predicted octanol–water partition coefficient (Wildman–Crippen LogP) is 3.57. The molecule has 19 heavy (non-hydrogen) atoms. The molecule has 1 atom stereocenters. The molecular formula is C15H14BrN3. The third kappa shape index (κ3) is 3.63. The van der Waals surface area contributed by atoms with Crippen molar-refractivity contribution >= 4 is 15.9 Å². The molecule has 0 spiro atoms. The highest BCUT2D eigenvalue weighted by molar-refractivity contribution is 9.10. The molecule has 1 aromatic carbocycles. The lowest BCUT2D eigenvalue weighted by Crippen LogP contribution is -2.18. The Kier molecular flexibility index (Phi) is 4.67. The monoisotopic (exact) mass is 315 g/mol. The quantitative estimate of drug-likeness (QED) is 0.938. The summed E-state index contributed by atoms with van der Waals surface area (Å²) in [5, 5.41) is 12.4. The highest BCUT2D eigenvalue weighted by atomic mass is 79.9. The van der Waals surface area contributed by atoms with Gasteiger partial charge in [0.05, 0.1) is 0 Å². The summed E-state index contributed by atoms with van der Waals surface area (Å²) in [4.78, 5) is 4.05. The van der Waals surface area contributed by atoms with Crippen molar-refractivity contribution in [1.82, 2.24) is 10.3 Å². The normalized spacial score (nSPS) is 11.8. The van der Waals surface area contributed by atoms with Gasteiger partial charge in [-0.25, -0.2) is 4.98 Å². The summed E-state index contributed by atoms with van der Waals surface area (Å²) in [6, 6.07) is 14.3. The van der Waals surface area contributed by atoms with Crippen LogP contribution >= 0.6 is 15.9 Å². The fourth-order valence-electron chi connectivity index (χ4n) is 1.84. The molecule has 0 saturated heterocycles. The van der Waals surface area contributed by atoms with Crippen LogP contribution in [0.5, 0.6) is 0 Å². The first-order chi connectivity index (χ1) is 9.20. The number of pyridine rings is 1. The van der Waals surface area contributed by atoms with Gasteiger partial charge in [0.1, 0.15) is 11.8 Å². The number of nitrogens with one attached hydrogen (secondary N) is 1. The molecule has 1 N–H and O–H groups in total. The summed E-state index contributed by atoms with van der Waals surface area (Å²) >= 11 is 3.47. The van der Waals surface area contributed by atoms with Gasteiger partial charge >= 0.3 is 0 Å². The smallest absolute Gasteiger partial charge is 0.144 e. The van der Waals surface area contributed by atoms with E-state index in [2.05, 4.69) is 51.4 Å². The summed E-state index contributed by atoms with van der Waals surface area (Å²) < 4.78 is 1.07. The van der Waals surface area contributed by atoms with Gasteiger partial charge in [-0.15, -0.1) is 0 Å². The van der Waals surface area contributed by atoms with Crippen LogP contribution in [0.15, 0.2) is 47.1 Å². The molecular weight excluding hydrogens is 302 g/mol. The van der Waals surface area contributed by atoms with Crippen LogP contribution in [-0.2, 0) is 6.54 Å². The van der Waals surface area contributed by atoms with Crippen molar-refractivity contribution in [3.05, 3.63) is 63.9 Å². The number of hydrogen-bond acceptors (Lipinski definition) is 3. The number of benzene rings is 1. The lowest BCUT2D eigenvalue weighted by Gasteiger charge is -2.15. The van der Waals surface area contributed by atoms with Crippen molar-refractivity contribution in [2.24, 2.45) is 0 Å². The van der Waals surface area contributed by atoms with E-state index < -0.39 is 0 Å². The number of rotatable bonds is 4.